The number of ether oxygens (including phenoxy) is 1. The van der Waals surface area contributed by atoms with Crippen LogP contribution in [0.1, 0.15) is 25.5 Å². The molecule has 70 valence electrons. The molecular weight excluding hydrogens is 171 g/mol. The molecule has 0 aliphatic heterocycles. The predicted molar refractivity (Wildman–Crippen MR) is 46.6 cm³/mol. The van der Waals surface area contributed by atoms with Crippen molar-refractivity contribution in [1.82, 2.24) is 0 Å². The summed E-state index contributed by atoms with van der Waals surface area (Å²) >= 11 is 0. The molecule has 1 aromatic carbocycles. The van der Waals surface area contributed by atoms with Crippen LogP contribution in [0.15, 0.2) is 24.3 Å². The molecule has 0 saturated heterocycles. The van der Waals surface area contributed by atoms with Crippen molar-refractivity contribution in [1.29, 1.82) is 0 Å². The van der Waals surface area contributed by atoms with Gasteiger partial charge in [0.15, 0.2) is 0 Å². The molecule has 0 fully saturated rings. The van der Waals surface area contributed by atoms with Gasteiger partial charge < -0.3 is 4.74 Å². The first-order chi connectivity index (χ1) is 6.09. The zero-order valence-corrected chi connectivity index (χ0v) is 7.58. The number of halogens is 1. The van der Waals surface area contributed by atoms with E-state index in [9.17, 15) is 9.18 Å². The van der Waals surface area contributed by atoms with E-state index in [0.717, 1.165) is 0 Å². The maximum absolute atomic E-state index is 12.7. The van der Waals surface area contributed by atoms with Crippen LogP contribution in [0.4, 0.5) is 4.39 Å². The fraction of sp³-hybridized carbons (Fsp3) is 0.300. The molecule has 0 saturated carbocycles. The lowest BCUT2D eigenvalue weighted by Gasteiger charge is -2.11. The molecule has 2 nitrogen and oxygen atoms in total. The molecule has 0 unspecified atom stereocenters. The van der Waals surface area contributed by atoms with E-state index in [0.29, 0.717) is 5.56 Å². The lowest BCUT2D eigenvalue weighted by atomic mass is 10.1. The van der Waals surface area contributed by atoms with Crippen molar-refractivity contribution in [3.05, 3.63) is 35.6 Å². The van der Waals surface area contributed by atoms with Crippen molar-refractivity contribution < 1.29 is 13.9 Å². The summed E-state index contributed by atoms with van der Waals surface area (Å²) in [5.41, 5.74) is 0.662. The average Bonchev–Trinajstić information content (AvgIpc) is 2.03. The Labute approximate surface area is 76.3 Å². The highest BCUT2D eigenvalue weighted by atomic mass is 19.1. The summed E-state index contributed by atoms with van der Waals surface area (Å²) in [6.07, 6.45) is -0.395. The number of hydrogen-bond acceptors (Lipinski definition) is 2. The Morgan fingerprint density at radius 3 is 2.77 bits per heavy atom. The zero-order chi connectivity index (χ0) is 9.84. The maximum Gasteiger partial charge on any atom is 0.303 e. The van der Waals surface area contributed by atoms with Crippen LogP contribution in [-0.4, -0.2) is 5.97 Å². The molecule has 1 aromatic rings. The Kier molecular flexibility index (Phi) is 3.01. The molecule has 3 heteroatoms. The van der Waals surface area contributed by atoms with Gasteiger partial charge in [0, 0.05) is 6.92 Å². The summed E-state index contributed by atoms with van der Waals surface area (Å²) in [7, 11) is 0. The van der Waals surface area contributed by atoms with Crippen molar-refractivity contribution in [2.75, 3.05) is 0 Å². The van der Waals surface area contributed by atoms with Crippen LogP contribution in [-0.2, 0) is 9.53 Å². The quantitative estimate of drug-likeness (QED) is 0.656. The van der Waals surface area contributed by atoms with Gasteiger partial charge in [-0.05, 0) is 24.6 Å². The first-order valence-electron chi connectivity index (χ1n) is 4.02. The molecule has 0 radical (unpaired) electrons. The van der Waals surface area contributed by atoms with Crippen LogP contribution in [0, 0.1) is 5.82 Å². The first kappa shape index (κ1) is 9.71. The first-order valence-corrected chi connectivity index (χ1v) is 4.02. The fourth-order valence-electron chi connectivity index (χ4n) is 1.08. The molecule has 0 amide bonds. The van der Waals surface area contributed by atoms with E-state index in [1.165, 1.54) is 19.1 Å². The van der Waals surface area contributed by atoms with Crippen LogP contribution in [0.5, 0.6) is 0 Å². The molecule has 0 spiro atoms. The van der Waals surface area contributed by atoms with Gasteiger partial charge in [-0.3, -0.25) is 4.79 Å². The van der Waals surface area contributed by atoms with Gasteiger partial charge >= 0.3 is 5.97 Å². The maximum atomic E-state index is 12.7. The Hall–Kier alpha value is -1.38. The molecule has 0 N–H and O–H groups in total. The fourth-order valence-corrected chi connectivity index (χ4v) is 1.08. The van der Waals surface area contributed by atoms with E-state index < -0.39 is 6.10 Å². The monoisotopic (exact) mass is 182 g/mol. The predicted octanol–water partition coefficient (Wildman–Crippen LogP) is 2.45. The number of esters is 1. The van der Waals surface area contributed by atoms with E-state index in [1.807, 2.05) is 0 Å². The molecule has 0 aliphatic carbocycles. The lowest BCUT2D eigenvalue weighted by molar-refractivity contribution is -0.145. The average molecular weight is 182 g/mol. The molecule has 0 aromatic heterocycles. The smallest absolute Gasteiger partial charge is 0.303 e. The minimum atomic E-state index is -0.395. The third kappa shape index (κ3) is 2.86. The van der Waals surface area contributed by atoms with Crippen LogP contribution in [0.3, 0.4) is 0 Å². The highest BCUT2D eigenvalue weighted by Crippen LogP contribution is 2.17. The Morgan fingerprint density at radius 2 is 2.23 bits per heavy atom. The molecule has 1 rings (SSSR count). The number of rotatable bonds is 2. The topological polar surface area (TPSA) is 26.3 Å². The zero-order valence-electron chi connectivity index (χ0n) is 7.58. The van der Waals surface area contributed by atoms with Crippen LogP contribution in [0.25, 0.3) is 0 Å². The van der Waals surface area contributed by atoms with E-state index in [4.69, 9.17) is 4.74 Å². The lowest BCUT2D eigenvalue weighted by Crippen LogP contribution is -2.04. The molecule has 0 aliphatic rings. The largest absolute Gasteiger partial charge is 0.458 e. The van der Waals surface area contributed by atoms with Crippen molar-refractivity contribution in [2.24, 2.45) is 0 Å². The van der Waals surface area contributed by atoms with Gasteiger partial charge in [-0.2, -0.15) is 0 Å². The van der Waals surface area contributed by atoms with Crippen molar-refractivity contribution in [2.45, 2.75) is 20.0 Å². The second kappa shape index (κ2) is 4.03. The number of hydrogen-bond donors (Lipinski definition) is 0. The van der Waals surface area contributed by atoms with Crippen molar-refractivity contribution in [3.8, 4) is 0 Å². The molecular formula is C10H11FO2. The van der Waals surface area contributed by atoms with Gasteiger partial charge in [-0.1, -0.05) is 12.1 Å². The second-order valence-corrected chi connectivity index (χ2v) is 2.81. The van der Waals surface area contributed by atoms with E-state index in [1.54, 1.807) is 19.1 Å². The summed E-state index contributed by atoms with van der Waals surface area (Å²) in [6.45, 7) is 3.03. The highest BCUT2D eigenvalue weighted by molar-refractivity contribution is 5.66. The molecule has 13 heavy (non-hydrogen) atoms. The number of carbonyl (C=O) groups is 1. The summed E-state index contributed by atoms with van der Waals surface area (Å²) in [6, 6.07) is 6.01. The number of benzene rings is 1. The molecule has 1 atom stereocenters. The van der Waals surface area contributed by atoms with Crippen LogP contribution in [0.2, 0.25) is 0 Å². The standard InChI is InChI=1S/C10H11FO2/c1-7(13-8(2)12)9-4-3-5-10(11)6-9/h3-7H,1-2H3/t7-/m0/s1. The minimum absolute atomic E-state index is 0.323. The van der Waals surface area contributed by atoms with Gasteiger partial charge in [-0.25, -0.2) is 4.39 Å². The Balaban J connectivity index is 2.76. The summed E-state index contributed by atoms with van der Waals surface area (Å²) in [4.78, 5) is 10.6. The van der Waals surface area contributed by atoms with E-state index >= 15 is 0 Å². The summed E-state index contributed by atoms with van der Waals surface area (Å²) < 4.78 is 17.6. The van der Waals surface area contributed by atoms with Gasteiger partial charge in [0.2, 0.25) is 0 Å². The SMILES string of the molecule is CC(=O)O[C@@H](C)c1cccc(F)c1. The van der Waals surface area contributed by atoms with Gasteiger partial charge in [0.1, 0.15) is 11.9 Å². The third-order valence-electron chi connectivity index (χ3n) is 1.66. The molecule has 0 bridgehead atoms. The summed E-state index contributed by atoms with van der Waals surface area (Å²) in [5, 5.41) is 0. The molecule has 0 heterocycles. The van der Waals surface area contributed by atoms with Gasteiger partial charge in [0.25, 0.3) is 0 Å². The highest BCUT2D eigenvalue weighted by Gasteiger charge is 2.08. The van der Waals surface area contributed by atoms with Crippen LogP contribution >= 0.6 is 0 Å². The normalized spacial score (nSPS) is 12.2. The number of carbonyl (C=O) groups excluding carboxylic acids is 1. The van der Waals surface area contributed by atoms with E-state index in [2.05, 4.69) is 0 Å². The third-order valence-corrected chi connectivity index (χ3v) is 1.66. The van der Waals surface area contributed by atoms with Crippen molar-refractivity contribution in [3.63, 3.8) is 0 Å². The minimum Gasteiger partial charge on any atom is -0.458 e. The van der Waals surface area contributed by atoms with E-state index in [-0.39, 0.29) is 11.8 Å². The Morgan fingerprint density at radius 1 is 1.54 bits per heavy atom. The van der Waals surface area contributed by atoms with Gasteiger partial charge in [0.05, 0.1) is 0 Å². The Bertz CT molecular complexity index is 310. The second-order valence-electron chi connectivity index (χ2n) is 2.81. The van der Waals surface area contributed by atoms with Crippen LogP contribution < -0.4 is 0 Å². The van der Waals surface area contributed by atoms with Crippen molar-refractivity contribution >= 4 is 5.97 Å². The van der Waals surface area contributed by atoms with Gasteiger partial charge in [-0.15, -0.1) is 0 Å². The summed E-state index contributed by atoms with van der Waals surface area (Å²) in [5.74, 6) is -0.687.